The predicted molar refractivity (Wildman–Crippen MR) is 68.5 cm³/mol. The third kappa shape index (κ3) is 3.53. The average Bonchev–Trinajstić information content (AvgIpc) is 2.81. The molecule has 1 aromatic carbocycles. The maximum absolute atomic E-state index is 13.0. The Balaban J connectivity index is 1.86. The van der Waals surface area contributed by atoms with Gasteiger partial charge in [-0.2, -0.15) is 0 Å². The molecule has 3 nitrogen and oxygen atoms in total. The summed E-state index contributed by atoms with van der Waals surface area (Å²) in [6.45, 7) is 2.40. The molecule has 2 rings (SSSR count). The van der Waals surface area contributed by atoms with Gasteiger partial charge in [-0.3, -0.25) is 4.79 Å². The van der Waals surface area contributed by atoms with Gasteiger partial charge in [-0.1, -0.05) is 12.1 Å². The summed E-state index contributed by atoms with van der Waals surface area (Å²) >= 11 is 0. The van der Waals surface area contributed by atoms with Crippen LogP contribution in [-0.4, -0.2) is 30.9 Å². The van der Waals surface area contributed by atoms with Gasteiger partial charge in [0.1, 0.15) is 5.82 Å². The lowest BCUT2D eigenvalue weighted by atomic mass is 10.0. The number of nitrogens with one attached hydrogen (secondary N) is 1. The van der Waals surface area contributed by atoms with Gasteiger partial charge in [-0.15, -0.1) is 0 Å². The predicted octanol–water partition coefficient (Wildman–Crippen LogP) is 1.78. The highest BCUT2D eigenvalue weighted by atomic mass is 19.1. The molecule has 1 fully saturated rings. The van der Waals surface area contributed by atoms with Gasteiger partial charge in [0.25, 0.3) is 0 Å². The van der Waals surface area contributed by atoms with Crippen molar-refractivity contribution in [1.82, 2.24) is 10.2 Å². The first kappa shape index (κ1) is 13.0. The molecule has 0 spiro atoms. The van der Waals surface area contributed by atoms with Gasteiger partial charge in [-0.25, -0.2) is 4.39 Å². The van der Waals surface area contributed by atoms with Gasteiger partial charge < -0.3 is 10.2 Å². The Morgan fingerprint density at radius 3 is 3.06 bits per heavy atom. The van der Waals surface area contributed by atoms with Crippen molar-refractivity contribution in [3.05, 3.63) is 35.6 Å². The largest absolute Gasteiger partial charge is 0.341 e. The Bertz CT molecular complexity index is 416. The number of hydrogen-bond acceptors (Lipinski definition) is 2. The van der Waals surface area contributed by atoms with E-state index in [1.807, 2.05) is 6.07 Å². The highest BCUT2D eigenvalue weighted by molar-refractivity contribution is 5.76. The highest BCUT2D eigenvalue weighted by Gasteiger charge is 2.20. The number of amides is 1. The van der Waals surface area contributed by atoms with Gasteiger partial charge in [0.2, 0.25) is 5.91 Å². The van der Waals surface area contributed by atoms with E-state index in [1.54, 1.807) is 18.0 Å². The van der Waals surface area contributed by atoms with Crippen LogP contribution in [0.2, 0.25) is 0 Å². The summed E-state index contributed by atoms with van der Waals surface area (Å²) < 4.78 is 13.0. The molecule has 4 heteroatoms. The highest BCUT2D eigenvalue weighted by Crippen LogP contribution is 2.14. The number of benzene rings is 1. The number of nitrogens with zero attached hydrogens (tertiary/aromatic N) is 1. The summed E-state index contributed by atoms with van der Waals surface area (Å²) in [5.41, 5.74) is 0.829. The molecule has 0 bridgehead atoms. The van der Waals surface area contributed by atoms with Crippen molar-refractivity contribution in [1.29, 1.82) is 0 Å². The van der Waals surface area contributed by atoms with Crippen LogP contribution in [0.15, 0.2) is 24.3 Å². The molecule has 1 unspecified atom stereocenters. The van der Waals surface area contributed by atoms with E-state index in [0.717, 1.165) is 25.1 Å². The second-order valence-electron chi connectivity index (χ2n) is 4.94. The molecule has 0 radical (unpaired) electrons. The summed E-state index contributed by atoms with van der Waals surface area (Å²) in [6.07, 6.45) is 1.65. The minimum atomic E-state index is -0.256. The maximum Gasteiger partial charge on any atom is 0.222 e. The first-order valence-electron chi connectivity index (χ1n) is 6.34. The van der Waals surface area contributed by atoms with Crippen LogP contribution in [0.3, 0.4) is 0 Å². The van der Waals surface area contributed by atoms with Crippen LogP contribution < -0.4 is 5.32 Å². The van der Waals surface area contributed by atoms with E-state index in [0.29, 0.717) is 18.9 Å². The second kappa shape index (κ2) is 5.96. The lowest BCUT2D eigenvalue weighted by molar-refractivity contribution is -0.131. The molecule has 1 saturated heterocycles. The molecular weight excluding hydrogens is 231 g/mol. The first-order valence-corrected chi connectivity index (χ1v) is 6.34. The monoisotopic (exact) mass is 250 g/mol. The SMILES string of the molecule is CN(Cc1cccc(F)c1)C(=O)CC1CCNC1. The fourth-order valence-electron chi connectivity index (χ4n) is 2.29. The zero-order valence-corrected chi connectivity index (χ0v) is 10.7. The van der Waals surface area contributed by atoms with Crippen LogP contribution in [0.1, 0.15) is 18.4 Å². The molecule has 1 heterocycles. The smallest absolute Gasteiger partial charge is 0.222 e. The van der Waals surface area contributed by atoms with Crippen LogP contribution in [-0.2, 0) is 11.3 Å². The summed E-state index contributed by atoms with van der Waals surface area (Å²) in [5, 5.41) is 3.25. The molecule has 0 saturated carbocycles. The van der Waals surface area contributed by atoms with Gasteiger partial charge in [-0.05, 0) is 43.1 Å². The van der Waals surface area contributed by atoms with Crippen LogP contribution in [0.4, 0.5) is 4.39 Å². The normalized spacial score (nSPS) is 18.9. The van der Waals surface area contributed by atoms with Gasteiger partial charge >= 0.3 is 0 Å². The summed E-state index contributed by atoms with van der Waals surface area (Å²) in [5.74, 6) is 0.328. The maximum atomic E-state index is 13.0. The number of hydrogen-bond donors (Lipinski definition) is 1. The Labute approximate surface area is 107 Å². The van der Waals surface area contributed by atoms with Crippen LogP contribution in [0, 0.1) is 11.7 Å². The van der Waals surface area contributed by atoms with Crippen LogP contribution in [0.5, 0.6) is 0 Å². The van der Waals surface area contributed by atoms with Gasteiger partial charge in [0, 0.05) is 20.0 Å². The number of rotatable bonds is 4. The van der Waals surface area contributed by atoms with Crippen molar-refractivity contribution in [2.75, 3.05) is 20.1 Å². The van der Waals surface area contributed by atoms with Gasteiger partial charge in [0.15, 0.2) is 0 Å². The van der Waals surface area contributed by atoms with Crippen LogP contribution >= 0.6 is 0 Å². The van der Waals surface area contributed by atoms with E-state index in [1.165, 1.54) is 12.1 Å². The molecule has 18 heavy (non-hydrogen) atoms. The van der Waals surface area contributed by atoms with Crippen molar-refractivity contribution in [3.63, 3.8) is 0 Å². The van der Waals surface area contributed by atoms with E-state index >= 15 is 0 Å². The molecule has 1 amide bonds. The molecule has 1 atom stereocenters. The van der Waals surface area contributed by atoms with E-state index in [-0.39, 0.29) is 11.7 Å². The zero-order valence-electron chi connectivity index (χ0n) is 10.7. The third-order valence-electron chi connectivity index (χ3n) is 3.36. The fraction of sp³-hybridized carbons (Fsp3) is 0.500. The molecule has 1 N–H and O–H groups in total. The standard InChI is InChI=1S/C14H19FN2O/c1-17(10-12-3-2-4-13(15)7-12)14(18)8-11-5-6-16-9-11/h2-4,7,11,16H,5-6,8-10H2,1H3. The van der Waals surface area contributed by atoms with Crippen molar-refractivity contribution < 1.29 is 9.18 Å². The van der Waals surface area contributed by atoms with E-state index in [9.17, 15) is 9.18 Å². The summed E-state index contributed by atoms with van der Waals surface area (Å²) in [6, 6.07) is 6.39. The quantitative estimate of drug-likeness (QED) is 0.883. The molecule has 1 aliphatic rings. The molecule has 0 aromatic heterocycles. The second-order valence-corrected chi connectivity index (χ2v) is 4.94. The van der Waals surface area contributed by atoms with Crippen molar-refractivity contribution >= 4 is 5.91 Å². The third-order valence-corrected chi connectivity index (χ3v) is 3.36. The number of halogens is 1. The lowest BCUT2D eigenvalue weighted by Crippen LogP contribution is -2.28. The van der Waals surface area contributed by atoms with Crippen LogP contribution in [0.25, 0.3) is 0 Å². The molecular formula is C14H19FN2O. The van der Waals surface area contributed by atoms with Crippen molar-refractivity contribution in [2.24, 2.45) is 5.92 Å². The topological polar surface area (TPSA) is 32.3 Å². The molecule has 1 aromatic rings. The fourth-order valence-corrected chi connectivity index (χ4v) is 2.29. The van der Waals surface area contributed by atoms with E-state index in [2.05, 4.69) is 5.32 Å². The summed E-state index contributed by atoms with van der Waals surface area (Å²) in [7, 11) is 1.77. The number of carbonyl (C=O) groups is 1. The number of carbonyl (C=O) groups excluding carboxylic acids is 1. The Kier molecular flexibility index (Phi) is 4.31. The Hall–Kier alpha value is -1.42. The molecule has 98 valence electrons. The first-order chi connectivity index (χ1) is 8.65. The zero-order chi connectivity index (χ0) is 13.0. The minimum absolute atomic E-state index is 0.132. The van der Waals surface area contributed by atoms with Crippen molar-refractivity contribution in [2.45, 2.75) is 19.4 Å². The van der Waals surface area contributed by atoms with E-state index in [4.69, 9.17) is 0 Å². The molecule has 1 aliphatic heterocycles. The average molecular weight is 250 g/mol. The minimum Gasteiger partial charge on any atom is -0.341 e. The Morgan fingerprint density at radius 2 is 2.39 bits per heavy atom. The van der Waals surface area contributed by atoms with Gasteiger partial charge in [0.05, 0.1) is 0 Å². The summed E-state index contributed by atoms with van der Waals surface area (Å²) in [4.78, 5) is 13.7. The lowest BCUT2D eigenvalue weighted by Gasteiger charge is -2.19. The Morgan fingerprint density at radius 1 is 1.56 bits per heavy atom. The van der Waals surface area contributed by atoms with E-state index < -0.39 is 0 Å². The molecule has 0 aliphatic carbocycles. The van der Waals surface area contributed by atoms with Crippen molar-refractivity contribution in [3.8, 4) is 0 Å².